The van der Waals surface area contributed by atoms with Gasteiger partial charge in [-0.1, -0.05) is 6.92 Å². The van der Waals surface area contributed by atoms with Crippen LogP contribution in [0.1, 0.15) is 32.6 Å². The lowest BCUT2D eigenvalue weighted by Gasteiger charge is -2.47. The van der Waals surface area contributed by atoms with Crippen LogP contribution in [0.15, 0.2) is 0 Å². The van der Waals surface area contributed by atoms with Crippen LogP contribution in [0.3, 0.4) is 0 Å². The SMILES string of the molecule is CCN1CCC(NC2CN3CCC2CC3)CC1. The fraction of sp³-hybridized carbons (Fsp3) is 1.00. The molecule has 4 aliphatic heterocycles. The van der Waals surface area contributed by atoms with E-state index >= 15 is 0 Å². The van der Waals surface area contributed by atoms with E-state index < -0.39 is 0 Å². The van der Waals surface area contributed by atoms with Crippen molar-refractivity contribution in [2.75, 3.05) is 39.3 Å². The Morgan fingerprint density at radius 1 is 1.00 bits per heavy atom. The summed E-state index contributed by atoms with van der Waals surface area (Å²) in [5, 5.41) is 3.97. The zero-order chi connectivity index (χ0) is 11.7. The quantitative estimate of drug-likeness (QED) is 0.794. The summed E-state index contributed by atoms with van der Waals surface area (Å²) in [6, 6.07) is 1.60. The van der Waals surface area contributed by atoms with Gasteiger partial charge in [0.2, 0.25) is 0 Å². The number of fused-ring (bicyclic) bond motifs is 3. The van der Waals surface area contributed by atoms with Crippen molar-refractivity contribution in [2.24, 2.45) is 5.92 Å². The summed E-state index contributed by atoms with van der Waals surface area (Å²) in [7, 11) is 0. The number of nitrogens with one attached hydrogen (secondary N) is 1. The van der Waals surface area contributed by atoms with Crippen LogP contribution < -0.4 is 5.32 Å². The third kappa shape index (κ3) is 2.67. The van der Waals surface area contributed by atoms with Gasteiger partial charge < -0.3 is 15.1 Å². The molecule has 0 amide bonds. The minimum absolute atomic E-state index is 0.795. The molecule has 0 radical (unpaired) electrons. The molecule has 1 N–H and O–H groups in total. The van der Waals surface area contributed by atoms with Crippen molar-refractivity contribution in [1.82, 2.24) is 15.1 Å². The smallest absolute Gasteiger partial charge is 0.0226 e. The van der Waals surface area contributed by atoms with Gasteiger partial charge in [-0.3, -0.25) is 0 Å². The Bertz CT molecular complexity index is 240. The summed E-state index contributed by atoms with van der Waals surface area (Å²) in [5.41, 5.74) is 0. The molecule has 0 aromatic carbocycles. The summed E-state index contributed by atoms with van der Waals surface area (Å²) in [6.07, 6.45) is 5.59. The highest BCUT2D eigenvalue weighted by atomic mass is 15.2. The molecule has 4 rings (SSSR count). The highest BCUT2D eigenvalue weighted by Gasteiger charge is 2.35. The molecule has 17 heavy (non-hydrogen) atoms. The summed E-state index contributed by atoms with van der Waals surface area (Å²) in [4.78, 5) is 5.23. The zero-order valence-electron chi connectivity index (χ0n) is 11.2. The lowest BCUT2D eigenvalue weighted by atomic mass is 9.83. The maximum atomic E-state index is 3.97. The number of likely N-dealkylation sites (tertiary alicyclic amines) is 1. The van der Waals surface area contributed by atoms with Crippen LogP contribution in [-0.2, 0) is 0 Å². The van der Waals surface area contributed by atoms with Gasteiger partial charge in [0.25, 0.3) is 0 Å². The van der Waals surface area contributed by atoms with E-state index in [0.29, 0.717) is 0 Å². The fourth-order valence-electron chi connectivity index (χ4n) is 3.87. The molecule has 2 bridgehead atoms. The predicted octanol–water partition coefficient (Wildman–Crippen LogP) is 1.15. The van der Waals surface area contributed by atoms with Crippen LogP contribution in [0.4, 0.5) is 0 Å². The van der Waals surface area contributed by atoms with E-state index in [4.69, 9.17) is 0 Å². The third-order valence-electron chi connectivity index (χ3n) is 5.14. The number of hydrogen-bond donors (Lipinski definition) is 1. The van der Waals surface area contributed by atoms with E-state index in [1.165, 1.54) is 65.0 Å². The van der Waals surface area contributed by atoms with Crippen molar-refractivity contribution >= 4 is 0 Å². The molecule has 0 aliphatic carbocycles. The first kappa shape index (κ1) is 11.9. The fourth-order valence-corrected chi connectivity index (χ4v) is 3.87. The Labute approximate surface area is 106 Å². The molecule has 4 saturated heterocycles. The van der Waals surface area contributed by atoms with Gasteiger partial charge in [-0.25, -0.2) is 0 Å². The maximum absolute atomic E-state index is 3.97. The van der Waals surface area contributed by atoms with Crippen molar-refractivity contribution in [2.45, 2.75) is 44.7 Å². The lowest BCUT2D eigenvalue weighted by molar-refractivity contribution is 0.0605. The van der Waals surface area contributed by atoms with Crippen LogP contribution in [-0.4, -0.2) is 61.2 Å². The largest absolute Gasteiger partial charge is 0.310 e. The average Bonchev–Trinajstić information content (AvgIpc) is 2.41. The molecule has 98 valence electrons. The minimum Gasteiger partial charge on any atom is -0.310 e. The summed E-state index contributed by atoms with van der Waals surface area (Å²) >= 11 is 0. The van der Waals surface area contributed by atoms with Gasteiger partial charge in [0, 0.05) is 18.6 Å². The van der Waals surface area contributed by atoms with Crippen molar-refractivity contribution in [3.63, 3.8) is 0 Å². The number of hydrogen-bond acceptors (Lipinski definition) is 3. The van der Waals surface area contributed by atoms with Crippen LogP contribution >= 0.6 is 0 Å². The zero-order valence-corrected chi connectivity index (χ0v) is 11.2. The molecule has 4 aliphatic rings. The monoisotopic (exact) mass is 237 g/mol. The standard InChI is InChI=1S/C14H27N3/c1-2-16-9-5-13(6-10-16)15-14-11-17-7-3-12(14)4-8-17/h12-15H,2-11H2,1H3. The molecule has 0 saturated carbocycles. The molecule has 1 atom stereocenters. The highest BCUT2D eigenvalue weighted by molar-refractivity contribution is 4.93. The molecule has 3 heteroatoms. The van der Waals surface area contributed by atoms with Crippen molar-refractivity contribution in [3.8, 4) is 0 Å². The third-order valence-corrected chi connectivity index (χ3v) is 5.14. The maximum Gasteiger partial charge on any atom is 0.0226 e. The Morgan fingerprint density at radius 3 is 2.24 bits per heavy atom. The first-order valence-electron chi connectivity index (χ1n) is 7.56. The molecule has 0 aromatic heterocycles. The number of nitrogens with zero attached hydrogens (tertiary/aromatic N) is 2. The molecule has 0 aromatic rings. The van der Waals surface area contributed by atoms with Gasteiger partial charge in [0.05, 0.1) is 0 Å². The van der Waals surface area contributed by atoms with Crippen LogP contribution in [0.5, 0.6) is 0 Å². The van der Waals surface area contributed by atoms with E-state index in [1.54, 1.807) is 0 Å². The summed E-state index contributed by atoms with van der Waals surface area (Å²) in [6.45, 7) is 10.1. The minimum atomic E-state index is 0.795. The number of rotatable bonds is 3. The molecule has 4 heterocycles. The second kappa shape index (κ2) is 5.25. The number of piperidine rings is 4. The van der Waals surface area contributed by atoms with E-state index in [2.05, 4.69) is 22.0 Å². The Balaban J connectivity index is 1.48. The Hall–Kier alpha value is -0.120. The van der Waals surface area contributed by atoms with E-state index in [0.717, 1.165) is 18.0 Å². The predicted molar refractivity (Wildman–Crippen MR) is 71.2 cm³/mol. The molecular formula is C14H27N3. The van der Waals surface area contributed by atoms with Gasteiger partial charge >= 0.3 is 0 Å². The van der Waals surface area contributed by atoms with Crippen LogP contribution in [0, 0.1) is 5.92 Å². The molecule has 4 fully saturated rings. The van der Waals surface area contributed by atoms with Crippen LogP contribution in [0.25, 0.3) is 0 Å². The van der Waals surface area contributed by atoms with Crippen molar-refractivity contribution in [3.05, 3.63) is 0 Å². The molecule has 3 nitrogen and oxygen atoms in total. The normalized spacial score (nSPS) is 39.7. The van der Waals surface area contributed by atoms with E-state index in [1.807, 2.05) is 0 Å². The van der Waals surface area contributed by atoms with Gasteiger partial charge in [0.15, 0.2) is 0 Å². The molecule has 1 unspecified atom stereocenters. The second-order valence-electron chi connectivity index (χ2n) is 6.12. The van der Waals surface area contributed by atoms with E-state index in [9.17, 15) is 0 Å². The van der Waals surface area contributed by atoms with Gasteiger partial charge in [-0.05, 0) is 64.3 Å². The van der Waals surface area contributed by atoms with E-state index in [-0.39, 0.29) is 0 Å². The highest BCUT2D eigenvalue weighted by Crippen LogP contribution is 2.28. The van der Waals surface area contributed by atoms with Gasteiger partial charge in [-0.2, -0.15) is 0 Å². The Kier molecular flexibility index (Phi) is 3.69. The molecule has 0 spiro atoms. The first-order valence-corrected chi connectivity index (χ1v) is 7.56. The average molecular weight is 237 g/mol. The molecular weight excluding hydrogens is 210 g/mol. The Morgan fingerprint density at radius 2 is 1.71 bits per heavy atom. The topological polar surface area (TPSA) is 18.5 Å². The second-order valence-corrected chi connectivity index (χ2v) is 6.12. The lowest BCUT2D eigenvalue weighted by Crippen LogP contribution is -2.59. The first-order chi connectivity index (χ1) is 8.35. The van der Waals surface area contributed by atoms with Gasteiger partial charge in [-0.15, -0.1) is 0 Å². The van der Waals surface area contributed by atoms with Gasteiger partial charge in [0.1, 0.15) is 0 Å². The van der Waals surface area contributed by atoms with Crippen molar-refractivity contribution in [1.29, 1.82) is 0 Å². The van der Waals surface area contributed by atoms with Crippen LogP contribution in [0.2, 0.25) is 0 Å². The summed E-state index contributed by atoms with van der Waals surface area (Å²) in [5.74, 6) is 0.976. The summed E-state index contributed by atoms with van der Waals surface area (Å²) < 4.78 is 0. The van der Waals surface area contributed by atoms with Crippen molar-refractivity contribution < 1.29 is 0 Å².